The minimum atomic E-state index is -0.265. The Hall–Kier alpha value is -0.545. The third-order valence-corrected chi connectivity index (χ3v) is 5.58. The highest BCUT2D eigenvalue weighted by molar-refractivity contribution is 6.47. The zero-order chi connectivity index (χ0) is 13.8. The topological polar surface area (TPSA) is 47.6 Å². The fraction of sp³-hybridized carbons (Fsp3) is 0.929. The predicted octanol–water partition coefficient (Wildman–Crippen LogP) is 1.78. The summed E-state index contributed by atoms with van der Waals surface area (Å²) in [6.45, 7) is 8.30. The van der Waals surface area contributed by atoms with E-state index in [-0.39, 0.29) is 31.2 Å². The van der Waals surface area contributed by atoms with Gasteiger partial charge in [0.15, 0.2) is 0 Å². The van der Waals surface area contributed by atoms with Gasteiger partial charge in [0, 0.05) is 6.92 Å². The number of hydrogen-bond acceptors (Lipinski definition) is 3. The van der Waals surface area contributed by atoms with E-state index in [1.165, 1.54) is 6.42 Å². The van der Waals surface area contributed by atoms with Crippen molar-refractivity contribution in [1.82, 2.24) is 5.32 Å². The van der Waals surface area contributed by atoms with Crippen molar-refractivity contribution in [1.29, 1.82) is 0 Å². The molecule has 2 bridgehead atoms. The van der Waals surface area contributed by atoms with Crippen molar-refractivity contribution in [2.45, 2.75) is 65.1 Å². The van der Waals surface area contributed by atoms with Gasteiger partial charge in [0.1, 0.15) is 0 Å². The van der Waals surface area contributed by atoms with Crippen molar-refractivity contribution in [3.05, 3.63) is 0 Å². The number of rotatable bonds is 3. The molecule has 0 aromatic heterocycles. The molecule has 106 valence electrons. The van der Waals surface area contributed by atoms with Crippen LogP contribution in [0.15, 0.2) is 0 Å². The maximum absolute atomic E-state index is 11.2. The van der Waals surface area contributed by atoms with E-state index in [2.05, 4.69) is 26.1 Å². The summed E-state index contributed by atoms with van der Waals surface area (Å²) in [6.07, 6.45) is 3.70. The molecule has 19 heavy (non-hydrogen) atoms. The average molecular weight is 265 g/mol. The number of nitrogens with one attached hydrogen (secondary N) is 1. The summed E-state index contributed by atoms with van der Waals surface area (Å²) in [5.41, 5.74) is 0.398. The van der Waals surface area contributed by atoms with E-state index in [1.807, 2.05) is 0 Å². The largest absolute Gasteiger partial charge is 0.481 e. The molecule has 4 aliphatic rings. The first-order valence-corrected chi connectivity index (χ1v) is 7.51. The van der Waals surface area contributed by atoms with Gasteiger partial charge in [-0.15, -0.1) is 0 Å². The van der Waals surface area contributed by atoms with Crippen LogP contribution in [0.3, 0.4) is 0 Å². The zero-order valence-electron chi connectivity index (χ0n) is 12.3. The van der Waals surface area contributed by atoms with Crippen LogP contribution in [0.25, 0.3) is 0 Å². The average Bonchev–Trinajstić information content (AvgIpc) is 2.78. The molecule has 0 spiro atoms. The second-order valence-corrected chi connectivity index (χ2v) is 6.96. The Morgan fingerprint density at radius 2 is 2.16 bits per heavy atom. The SMILES string of the molecule is CCC(NC(C)=O)B1OC2CC3CC(C2O1)C3(C)C. The standard InChI is InChI=1S/C14H24BNO3/c1-5-12(16-8(2)17)15-18-11-7-9-6-10(13(11)19-15)14(9,3)4/h9-13H,5-7H2,1-4H3,(H,16,17). The number of amides is 1. The van der Waals surface area contributed by atoms with E-state index in [1.54, 1.807) is 6.92 Å². The first-order chi connectivity index (χ1) is 8.93. The molecule has 1 amide bonds. The highest BCUT2D eigenvalue weighted by Crippen LogP contribution is 2.61. The lowest BCUT2D eigenvalue weighted by molar-refractivity contribution is -0.150. The quantitative estimate of drug-likeness (QED) is 0.791. The van der Waals surface area contributed by atoms with Gasteiger partial charge in [-0.2, -0.15) is 0 Å². The molecule has 4 nitrogen and oxygen atoms in total. The monoisotopic (exact) mass is 265 g/mol. The van der Waals surface area contributed by atoms with Gasteiger partial charge >= 0.3 is 7.12 Å². The predicted molar refractivity (Wildman–Crippen MR) is 73.4 cm³/mol. The first kappa shape index (κ1) is 13.4. The van der Waals surface area contributed by atoms with Crippen LogP contribution in [0.1, 0.15) is 47.0 Å². The Kier molecular flexibility index (Phi) is 3.17. The second kappa shape index (κ2) is 4.49. The minimum Gasteiger partial charge on any atom is -0.404 e. The van der Waals surface area contributed by atoms with Gasteiger partial charge in [0.2, 0.25) is 5.91 Å². The van der Waals surface area contributed by atoms with E-state index in [0.29, 0.717) is 11.3 Å². The van der Waals surface area contributed by atoms with Crippen LogP contribution in [-0.2, 0) is 14.1 Å². The lowest BCUT2D eigenvalue weighted by Crippen LogP contribution is -2.59. The first-order valence-electron chi connectivity index (χ1n) is 7.51. The van der Waals surface area contributed by atoms with Gasteiger partial charge in [-0.1, -0.05) is 20.8 Å². The molecule has 1 heterocycles. The van der Waals surface area contributed by atoms with E-state index < -0.39 is 0 Å². The molecule has 0 aromatic carbocycles. The highest BCUT2D eigenvalue weighted by Gasteiger charge is 2.62. The van der Waals surface area contributed by atoms with E-state index >= 15 is 0 Å². The van der Waals surface area contributed by atoms with Gasteiger partial charge in [0.05, 0.1) is 18.1 Å². The molecule has 4 rings (SSSR count). The lowest BCUT2D eigenvalue weighted by Gasteiger charge is -2.60. The molecular formula is C14H24BNO3. The molecule has 3 saturated carbocycles. The van der Waals surface area contributed by atoms with Crippen molar-refractivity contribution in [2.75, 3.05) is 0 Å². The molecule has 1 saturated heterocycles. The van der Waals surface area contributed by atoms with Crippen molar-refractivity contribution in [2.24, 2.45) is 17.3 Å². The Morgan fingerprint density at radius 1 is 1.42 bits per heavy atom. The van der Waals surface area contributed by atoms with Crippen molar-refractivity contribution in [3.63, 3.8) is 0 Å². The van der Waals surface area contributed by atoms with Gasteiger partial charge in [-0.05, 0) is 36.5 Å². The Bertz CT molecular complexity index is 387. The molecule has 5 unspecified atom stereocenters. The smallest absolute Gasteiger partial charge is 0.404 e. The molecule has 1 N–H and O–H groups in total. The van der Waals surface area contributed by atoms with Crippen molar-refractivity contribution in [3.8, 4) is 0 Å². The van der Waals surface area contributed by atoms with Gasteiger partial charge in [0.25, 0.3) is 0 Å². The summed E-state index contributed by atoms with van der Waals surface area (Å²) in [4.78, 5) is 11.2. The summed E-state index contributed by atoms with van der Waals surface area (Å²) >= 11 is 0. The summed E-state index contributed by atoms with van der Waals surface area (Å²) in [7, 11) is -0.265. The highest BCUT2D eigenvalue weighted by atomic mass is 16.7. The number of carbonyl (C=O) groups is 1. The van der Waals surface area contributed by atoms with Crippen LogP contribution < -0.4 is 5.32 Å². The zero-order valence-corrected chi connectivity index (χ0v) is 12.3. The summed E-state index contributed by atoms with van der Waals surface area (Å²) < 4.78 is 12.2. The normalized spacial score (nSPS) is 40.3. The van der Waals surface area contributed by atoms with E-state index in [4.69, 9.17) is 9.31 Å². The number of hydrogen-bond donors (Lipinski definition) is 1. The fourth-order valence-corrected chi connectivity index (χ4v) is 4.18. The third kappa shape index (κ3) is 2.02. The summed E-state index contributed by atoms with van der Waals surface area (Å²) in [5, 5.41) is 2.94. The second-order valence-electron chi connectivity index (χ2n) is 6.96. The van der Waals surface area contributed by atoms with Gasteiger partial charge < -0.3 is 14.6 Å². The molecule has 0 aromatic rings. The summed E-state index contributed by atoms with van der Waals surface area (Å²) in [5.74, 6) is 1.36. The molecule has 4 fully saturated rings. The van der Waals surface area contributed by atoms with Crippen LogP contribution >= 0.6 is 0 Å². The van der Waals surface area contributed by atoms with Gasteiger partial charge in [-0.25, -0.2) is 0 Å². The van der Waals surface area contributed by atoms with E-state index in [9.17, 15) is 4.79 Å². The Labute approximate surface area is 115 Å². The Balaban J connectivity index is 1.68. The van der Waals surface area contributed by atoms with Crippen LogP contribution in [0.4, 0.5) is 0 Å². The van der Waals surface area contributed by atoms with Crippen molar-refractivity contribution >= 4 is 13.0 Å². The number of carbonyl (C=O) groups excluding carboxylic acids is 1. The molecule has 5 heteroatoms. The van der Waals surface area contributed by atoms with Gasteiger partial charge in [-0.3, -0.25) is 4.79 Å². The Morgan fingerprint density at radius 3 is 2.74 bits per heavy atom. The van der Waals surface area contributed by atoms with Crippen LogP contribution in [0.2, 0.25) is 0 Å². The fourth-order valence-electron chi connectivity index (χ4n) is 4.18. The molecular weight excluding hydrogens is 241 g/mol. The molecule has 3 aliphatic carbocycles. The maximum Gasteiger partial charge on any atom is 0.481 e. The van der Waals surface area contributed by atoms with Crippen LogP contribution in [-0.4, -0.2) is 31.2 Å². The van der Waals surface area contributed by atoms with E-state index in [0.717, 1.165) is 18.8 Å². The summed E-state index contributed by atoms with van der Waals surface area (Å²) in [6, 6.07) is 0. The van der Waals surface area contributed by atoms with Crippen LogP contribution in [0, 0.1) is 17.3 Å². The lowest BCUT2D eigenvalue weighted by atomic mass is 9.47. The van der Waals surface area contributed by atoms with Crippen LogP contribution in [0.5, 0.6) is 0 Å². The molecule has 0 radical (unpaired) electrons. The minimum absolute atomic E-state index is 0.0152. The maximum atomic E-state index is 11.2. The molecule has 5 atom stereocenters. The van der Waals surface area contributed by atoms with Crippen molar-refractivity contribution < 1.29 is 14.1 Å². The third-order valence-electron chi connectivity index (χ3n) is 5.58. The molecule has 1 aliphatic heterocycles.